The molecule has 42 heavy (non-hydrogen) atoms. The minimum Gasteiger partial charge on any atom is -0.490 e. The van der Waals surface area contributed by atoms with E-state index in [1.807, 2.05) is 25.1 Å². The molecule has 8 heteroatoms. The van der Waals surface area contributed by atoms with E-state index in [0.29, 0.717) is 24.0 Å². The lowest BCUT2D eigenvalue weighted by Crippen LogP contribution is -2.53. The molecule has 1 unspecified atom stereocenters. The number of nitrogens with one attached hydrogen (secondary N) is 1. The molecule has 2 aliphatic heterocycles. The molecule has 1 fully saturated rings. The number of aryl methyl sites for hydroxylation is 1. The van der Waals surface area contributed by atoms with Crippen molar-refractivity contribution >= 4 is 33.2 Å². The number of carbonyl (C=O) groups is 1. The van der Waals surface area contributed by atoms with Gasteiger partial charge < -0.3 is 9.64 Å². The van der Waals surface area contributed by atoms with Crippen molar-refractivity contribution in [1.29, 1.82) is 0 Å². The third-order valence-corrected chi connectivity index (χ3v) is 13.5. The summed E-state index contributed by atoms with van der Waals surface area (Å²) in [4.78, 5) is 15.9. The van der Waals surface area contributed by atoms with Crippen molar-refractivity contribution in [2.24, 2.45) is 23.2 Å². The fourth-order valence-corrected chi connectivity index (χ4v) is 9.93. The fraction of sp³-hybridized carbons (Fsp3) is 0.618. The Kier molecular flexibility index (Phi) is 7.83. The van der Waals surface area contributed by atoms with Gasteiger partial charge in [0, 0.05) is 29.1 Å². The highest BCUT2D eigenvalue weighted by Gasteiger charge is 2.49. The zero-order chi connectivity index (χ0) is 29.9. The van der Waals surface area contributed by atoms with Crippen molar-refractivity contribution in [2.45, 2.75) is 89.7 Å². The third kappa shape index (κ3) is 5.34. The summed E-state index contributed by atoms with van der Waals surface area (Å²) < 4.78 is 35.5. The van der Waals surface area contributed by atoms with Gasteiger partial charge in [0.05, 0.1) is 17.5 Å². The monoisotopic (exact) mass is 612 g/mol. The average molecular weight is 613 g/mol. The summed E-state index contributed by atoms with van der Waals surface area (Å²) in [6.07, 6.45) is 8.42. The number of carbonyl (C=O) groups excluding carboxylic acids is 1. The molecule has 6 rings (SSSR count). The summed E-state index contributed by atoms with van der Waals surface area (Å²) in [6.45, 7) is 10.7. The van der Waals surface area contributed by atoms with Gasteiger partial charge in [0.2, 0.25) is 10.0 Å². The maximum atomic E-state index is 13.4. The lowest BCUT2D eigenvalue weighted by atomic mass is 9.56. The second-order valence-corrected chi connectivity index (χ2v) is 16.6. The van der Waals surface area contributed by atoms with E-state index in [4.69, 9.17) is 16.3 Å². The van der Waals surface area contributed by atoms with Gasteiger partial charge >= 0.3 is 0 Å². The van der Waals surface area contributed by atoms with E-state index in [0.717, 1.165) is 68.1 Å². The minimum absolute atomic E-state index is 0.0384. The van der Waals surface area contributed by atoms with Crippen LogP contribution in [0.2, 0.25) is 5.02 Å². The van der Waals surface area contributed by atoms with Crippen LogP contribution >= 0.6 is 11.6 Å². The van der Waals surface area contributed by atoms with Crippen LogP contribution in [0.5, 0.6) is 5.75 Å². The van der Waals surface area contributed by atoms with Crippen LogP contribution in [0.25, 0.3) is 0 Å². The van der Waals surface area contributed by atoms with E-state index >= 15 is 0 Å². The van der Waals surface area contributed by atoms with Gasteiger partial charge in [-0.15, -0.1) is 0 Å². The summed E-state index contributed by atoms with van der Waals surface area (Å²) >= 11 is 6.42. The highest BCUT2D eigenvalue weighted by Crippen LogP contribution is 2.54. The largest absolute Gasteiger partial charge is 0.490 e. The second-order valence-electron chi connectivity index (χ2n) is 14.1. The van der Waals surface area contributed by atoms with Crippen LogP contribution in [0.4, 0.5) is 5.69 Å². The van der Waals surface area contributed by atoms with Gasteiger partial charge in [0.1, 0.15) is 5.75 Å². The summed E-state index contributed by atoms with van der Waals surface area (Å²) in [5.41, 5.74) is 3.79. The predicted octanol–water partition coefficient (Wildman–Crippen LogP) is 7.13. The first-order chi connectivity index (χ1) is 19.9. The van der Waals surface area contributed by atoms with Crippen LogP contribution in [0.3, 0.4) is 0 Å². The van der Waals surface area contributed by atoms with Gasteiger partial charge in [-0.25, -0.2) is 13.1 Å². The molecular formula is C34H45ClN2O4S. The van der Waals surface area contributed by atoms with E-state index < -0.39 is 21.2 Å². The molecule has 6 nitrogen and oxygen atoms in total. The zero-order valence-corrected chi connectivity index (χ0v) is 27.0. The number of anilines is 1. The van der Waals surface area contributed by atoms with Crippen LogP contribution in [0.15, 0.2) is 36.4 Å². The quantitative estimate of drug-likeness (QED) is 0.342. The highest BCUT2D eigenvalue weighted by molar-refractivity contribution is 7.90. The van der Waals surface area contributed by atoms with Crippen LogP contribution in [0.1, 0.15) is 94.1 Å². The zero-order valence-electron chi connectivity index (χ0n) is 25.4. The van der Waals surface area contributed by atoms with Gasteiger partial charge in [-0.1, -0.05) is 51.3 Å². The Morgan fingerprint density at radius 3 is 2.52 bits per heavy atom. The minimum atomic E-state index is -3.82. The van der Waals surface area contributed by atoms with Crippen molar-refractivity contribution in [3.63, 3.8) is 0 Å². The maximum absolute atomic E-state index is 13.4. The number of sulfonamides is 1. The molecule has 2 aromatic carbocycles. The molecule has 0 aromatic heterocycles. The maximum Gasteiger partial charge on any atom is 0.264 e. The molecule has 6 atom stereocenters. The van der Waals surface area contributed by atoms with E-state index in [2.05, 4.69) is 35.6 Å². The van der Waals surface area contributed by atoms with Crippen molar-refractivity contribution in [3.05, 3.63) is 58.1 Å². The second kappa shape index (κ2) is 11.0. The Hall–Kier alpha value is -2.25. The molecule has 2 heterocycles. The first kappa shape index (κ1) is 29.8. The van der Waals surface area contributed by atoms with E-state index in [1.165, 1.54) is 24.0 Å². The Balaban J connectivity index is 1.44. The SMILES string of the molecule is C[C@@H]1[C@@H](C)CCC[C@H](C)[C@@H]2CCC2(C)CN2C[C@@]3(CCCc4cc(Cl)ccc43)COc3ccc(cc32)C(=O)NS1(=O)=O. The molecule has 1 amide bonds. The Morgan fingerprint density at radius 1 is 0.976 bits per heavy atom. The van der Waals surface area contributed by atoms with E-state index in [-0.39, 0.29) is 16.7 Å². The lowest BCUT2D eigenvalue weighted by molar-refractivity contribution is 0.0101. The van der Waals surface area contributed by atoms with E-state index in [9.17, 15) is 13.2 Å². The fourth-order valence-electron chi connectivity index (χ4n) is 8.43. The molecular weight excluding hydrogens is 568 g/mol. The molecule has 0 saturated heterocycles. The summed E-state index contributed by atoms with van der Waals surface area (Å²) in [7, 11) is -3.82. The third-order valence-electron chi connectivity index (χ3n) is 11.3. The van der Waals surface area contributed by atoms with Crippen LogP contribution in [-0.2, 0) is 21.9 Å². The van der Waals surface area contributed by atoms with Crippen molar-refractivity contribution in [1.82, 2.24) is 4.72 Å². The van der Waals surface area contributed by atoms with Gasteiger partial charge in [-0.3, -0.25) is 4.79 Å². The Bertz CT molecular complexity index is 1480. The first-order valence-corrected chi connectivity index (χ1v) is 17.7. The van der Waals surface area contributed by atoms with Crippen molar-refractivity contribution in [2.75, 3.05) is 24.6 Å². The van der Waals surface area contributed by atoms with Gasteiger partial charge in [0.15, 0.2) is 0 Å². The summed E-state index contributed by atoms with van der Waals surface area (Å²) in [6, 6.07) is 11.7. The van der Waals surface area contributed by atoms with Gasteiger partial charge in [-0.05, 0) is 110 Å². The Morgan fingerprint density at radius 2 is 1.76 bits per heavy atom. The normalized spacial score (nSPS) is 34.7. The number of rotatable bonds is 0. The molecule has 1 saturated carbocycles. The molecule has 1 spiro atoms. The van der Waals surface area contributed by atoms with Crippen LogP contribution < -0.4 is 14.4 Å². The van der Waals surface area contributed by atoms with Crippen molar-refractivity contribution < 1.29 is 17.9 Å². The molecule has 4 aliphatic rings. The highest BCUT2D eigenvalue weighted by atomic mass is 35.5. The molecule has 2 aliphatic carbocycles. The predicted molar refractivity (Wildman–Crippen MR) is 169 cm³/mol. The smallest absolute Gasteiger partial charge is 0.264 e. The topological polar surface area (TPSA) is 75.7 Å². The number of fused-ring (bicyclic) bond motifs is 4. The number of benzene rings is 2. The molecule has 0 radical (unpaired) electrons. The number of hydrogen-bond donors (Lipinski definition) is 1. The average Bonchev–Trinajstić information content (AvgIpc) is 3.08. The number of amides is 1. The number of ether oxygens (including phenoxy) is 1. The first-order valence-electron chi connectivity index (χ1n) is 15.8. The van der Waals surface area contributed by atoms with Crippen molar-refractivity contribution in [3.8, 4) is 5.75 Å². The molecule has 2 aromatic rings. The summed E-state index contributed by atoms with van der Waals surface area (Å²) in [5.74, 6) is 1.30. The molecule has 228 valence electrons. The van der Waals surface area contributed by atoms with Gasteiger partial charge in [0.25, 0.3) is 5.91 Å². The van der Waals surface area contributed by atoms with E-state index in [1.54, 1.807) is 13.0 Å². The summed E-state index contributed by atoms with van der Waals surface area (Å²) in [5, 5.41) is 0.112. The molecule has 1 N–H and O–H groups in total. The number of halogens is 1. The number of hydrogen-bond acceptors (Lipinski definition) is 5. The Labute approximate surface area is 256 Å². The molecule has 2 bridgehead atoms. The lowest BCUT2D eigenvalue weighted by Gasteiger charge is -2.53. The van der Waals surface area contributed by atoms with Gasteiger partial charge in [-0.2, -0.15) is 0 Å². The standard InChI is InChI=1S/C34H45ClN2O4S/c1-22-7-5-8-23(2)28-14-16-33(28,4)19-37-20-34(15-6-9-25-17-27(35)11-12-29(25)34)21-41-31-13-10-26(18-30(31)37)32(38)36-42(39,40)24(22)3/h10-13,17-18,22-24,28H,5-9,14-16,19-21H2,1-4H3,(H,36,38)/t22-,23-,24+,28-,33?,34-/m0/s1. The van der Waals surface area contributed by atoms with Crippen LogP contribution in [0, 0.1) is 23.2 Å². The van der Waals surface area contributed by atoms with Crippen LogP contribution in [-0.4, -0.2) is 39.3 Å². The number of nitrogens with zero attached hydrogens (tertiary/aromatic N) is 1.